The molecule has 0 aliphatic rings. The zero-order chi connectivity index (χ0) is 19.4. The number of halogens is 1. The molecule has 0 fully saturated rings. The van der Waals surface area contributed by atoms with E-state index in [1.165, 1.54) is 12.1 Å². The van der Waals surface area contributed by atoms with Crippen LogP contribution in [0, 0.1) is 0 Å². The molecule has 0 atom stereocenters. The second-order valence-electron chi connectivity index (χ2n) is 5.68. The molecule has 0 aliphatic carbocycles. The molecule has 0 bridgehead atoms. The molecule has 3 aromatic rings. The Morgan fingerprint density at radius 3 is 1.59 bits per heavy atom. The van der Waals surface area contributed by atoms with Crippen molar-refractivity contribution in [1.29, 1.82) is 0 Å². The Morgan fingerprint density at radius 2 is 1.15 bits per heavy atom. The number of anilines is 4. The number of rotatable bonds is 6. The smallest absolute Gasteiger partial charge is 0.337 e. The third kappa shape index (κ3) is 4.37. The van der Waals surface area contributed by atoms with Crippen LogP contribution in [0.3, 0.4) is 0 Å². The van der Waals surface area contributed by atoms with Crippen LogP contribution in [-0.2, 0) is 0 Å². The third-order valence-electron chi connectivity index (χ3n) is 3.79. The van der Waals surface area contributed by atoms with E-state index in [1.807, 2.05) is 6.07 Å². The standard InChI is InChI=1S/C20H15ClN2O4/c21-12-6-8-14(9-7-12)23-18-11-15(19(24)25)17(10-16(18)20(26)27)22-13-4-2-1-3-5-13/h1-11,22-23H,(H,24,25)(H,26,27). The van der Waals surface area contributed by atoms with E-state index in [4.69, 9.17) is 11.6 Å². The molecule has 0 heterocycles. The summed E-state index contributed by atoms with van der Waals surface area (Å²) in [6.45, 7) is 0. The Bertz CT molecular complexity index is 989. The van der Waals surface area contributed by atoms with Crippen molar-refractivity contribution in [2.45, 2.75) is 0 Å². The van der Waals surface area contributed by atoms with Crippen molar-refractivity contribution >= 4 is 46.3 Å². The molecule has 7 heteroatoms. The summed E-state index contributed by atoms with van der Waals surface area (Å²) in [6.07, 6.45) is 0. The van der Waals surface area contributed by atoms with Crippen LogP contribution in [0.25, 0.3) is 0 Å². The minimum absolute atomic E-state index is 0.0553. The number of hydrogen-bond acceptors (Lipinski definition) is 4. The van der Waals surface area contributed by atoms with E-state index in [1.54, 1.807) is 48.5 Å². The van der Waals surface area contributed by atoms with E-state index in [0.29, 0.717) is 16.4 Å². The first-order valence-corrected chi connectivity index (χ1v) is 8.31. The lowest BCUT2D eigenvalue weighted by Gasteiger charge is -2.15. The number of nitrogens with one attached hydrogen (secondary N) is 2. The maximum atomic E-state index is 11.7. The number of aromatic carboxylic acids is 2. The maximum absolute atomic E-state index is 11.7. The molecule has 0 amide bonds. The van der Waals surface area contributed by atoms with Crippen LogP contribution in [0.1, 0.15) is 20.7 Å². The summed E-state index contributed by atoms with van der Waals surface area (Å²) in [5.41, 5.74) is 1.47. The van der Waals surface area contributed by atoms with Gasteiger partial charge in [-0.3, -0.25) is 0 Å². The van der Waals surface area contributed by atoms with Crippen LogP contribution in [0.15, 0.2) is 66.7 Å². The second kappa shape index (κ2) is 7.80. The molecular weight excluding hydrogens is 368 g/mol. The molecule has 6 nitrogen and oxygen atoms in total. The quantitative estimate of drug-likeness (QED) is 0.466. The van der Waals surface area contributed by atoms with Crippen LogP contribution < -0.4 is 10.6 Å². The summed E-state index contributed by atoms with van der Waals surface area (Å²) < 4.78 is 0. The van der Waals surface area contributed by atoms with Crippen LogP contribution in [0.2, 0.25) is 5.02 Å². The van der Waals surface area contributed by atoms with Crippen LogP contribution >= 0.6 is 11.6 Å². The molecule has 4 N–H and O–H groups in total. The summed E-state index contributed by atoms with van der Waals surface area (Å²) in [6, 6.07) is 18.1. The van der Waals surface area contributed by atoms with Gasteiger partial charge in [0.25, 0.3) is 0 Å². The Morgan fingerprint density at radius 1 is 0.704 bits per heavy atom. The molecule has 0 spiro atoms. The number of benzene rings is 3. The average molecular weight is 383 g/mol. The molecule has 3 rings (SSSR count). The predicted octanol–water partition coefficient (Wildman–Crippen LogP) is 5.22. The summed E-state index contributed by atoms with van der Waals surface area (Å²) in [4.78, 5) is 23.4. The van der Waals surface area contributed by atoms with Gasteiger partial charge in [0, 0.05) is 16.4 Å². The van der Waals surface area contributed by atoms with Gasteiger partial charge in [0.1, 0.15) is 0 Å². The normalized spacial score (nSPS) is 10.3. The lowest BCUT2D eigenvalue weighted by Crippen LogP contribution is -2.09. The molecule has 136 valence electrons. The summed E-state index contributed by atoms with van der Waals surface area (Å²) in [5.74, 6) is -2.36. The van der Waals surface area contributed by atoms with Gasteiger partial charge in [0.15, 0.2) is 0 Å². The zero-order valence-electron chi connectivity index (χ0n) is 13.9. The molecule has 0 radical (unpaired) electrons. The highest BCUT2D eigenvalue weighted by Gasteiger charge is 2.19. The fraction of sp³-hybridized carbons (Fsp3) is 0. The van der Waals surface area contributed by atoms with Crippen molar-refractivity contribution in [2.24, 2.45) is 0 Å². The first-order valence-electron chi connectivity index (χ1n) is 7.93. The molecule has 0 saturated heterocycles. The number of carboxylic acid groups (broad SMARTS) is 2. The van der Waals surface area contributed by atoms with Gasteiger partial charge in [-0.15, -0.1) is 0 Å². The number of carbonyl (C=O) groups is 2. The lowest BCUT2D eigenvalue weighted by atomic mass is 10.1. The maximum Gasteiger partial charge on any atom is 0.337 e. The average Bonchev–Trinajstić information content (AvgIpc) is 2.65. The van der Waals surface area contributed by atoms with E-state index in [9.17, 15) is 19.8 Å². The monoisotopic (exact) mass is 382 g/mol. The Balaban J connectivity index is 2.05. The minimum atomic E-state index is -1.18. The fourth-order valence-electron chi connectivity index (χ4n) is 2.53. The number of hydrogen-bond donors (Lipinski definition) is 4. The Labute approximate surface area is 160 Å². The zero-order valence-corrected chi connectivity index (χ0v) is 14.7. The van der Waals surface area contributed by atoms with Gasteiger partial charge in [-0.05, 0) is 48.5 Å². The van der Waals surface area contributed by atoms with Gasteiger partial charge in [-0.25, -0.2) is 9.59 Å². The Kier molecular flexibility index (Phi) is 5.28. The third-order valence-corrected chi connectivity index (χ3v) is 4.05. The van der Waals surface area contributed by atoms with Crippen LogP contribution in [-0.4, -0.2) is 22.2 Å². The first kappa shape index (κ1) is 18.3. The second-order valence-corrected chi connectivity index (χ2v) is 6.11. The molecular formula is C20H15ClN2O4. The van der Waals surface area contributed by atoms with Gasteiger partial charge in [0.2, 0.25) is 0 Å². The molecule has 0 unspecified atom stereocenters. The molecule has 3 aromatic carbocycles. The highest BCUT2D eigenvalue weighted by molar-refractivity contribution is 6.30. The molecule has 0 aromatic heterocycles. The number of carboxylic acids is 2. The number of para-hydroxylation sites is 1. The largest absolute Gasteiger partial charge is 0.478 e. The van der Waals surface area contributed by atoms with Gasteiger partial charge in [0.05, 0.1) is 22.5 Å². The van der Waals surface area contributed by atoms with Crippen molar-refractivity contribution in [1.82, 2.24) is 0 Å². The van der Waals surface area contributed by atoms with Crippen molar-refractivity contribution in [3.63, 3.8) is 0 Å². The van der Waals surface area contributed by atoms with E-state index in [0.717, 1.165) is 0 Å². The van der Waals surface area contributed by atoms with Crippen molar-refractivity contribution < 1.29 is 19.8 Å². The van der Waals surface area contributed by atoms with Crippen molar-refractivity contribution in [3.8, 4) is 0 Å². The van der Waals surface area contributed by atoms with Crippen LogP contribution in [0.4, 0.5) is 22.7 Å². The van der Waals surface area contributed by atoms with Gasteiger partial charge in [-0.2, -0.15) is 0 Å². The van der Waals surface area contributed by atoms with Gasteiger partial charge >= 0.3 is 11.9 Å². The van der Waals surface area contributed by atoms with E-state index in [2.05, 4.69) is 10.6 Å². The van der Waals surface area contributed by atoms with E-state index in [-0.39, 0.29) is 22.5 Å². The van der Waals surface area contributed by atoms with Crippen molar-refractivity contribution in [2.75, 3.05) is 10.6 Å². The highest BCUT2D eigenvalue weighted by atomic mass is 35.5. The highest BCUT2D eigenvalue weighted by Crippen LogP contribution is 2.30. The van der Waals surface area contributed by atoms with Gasteiger partial charge in [-0.1, -0.05) is 29.8 Å². The SMILES string of the molecule is O=C(O)c1cc(Nc2ccc(Cl)cc2)c(C(=O)O)cc1Nc1ccccc1. The van der Waals surface area contributed by atoms with Crippen LogP contribution in [0.5, 0.6) is 0 Å². The predicted molar refractivity (Wildman–Crippen MR) is 105 cm³/mol. The van der Waals surface area contributed by atoms with Crippen molar-refractivity contribution in [3.05, 3.63) is 82.9 Å². The molecule has 0 aliphatic heterocycles. The summed E-state index contributed by atoms with van der Waals surface area (Å²) >= 11 is 5.85. The first-order chi connectivity index (χ1) is 12.9. The summed E-state index contributed by atoms with van der Waals surface area (Å²) in [5, 5.41) is 25.6. The summed E-state index contributed by atoms with van der Waals surface area (Å²) in [7, 11) is 0. The van der Waals surface area contributed by atoms with E-state index < -0.39 is 11.9 Å². The molecule has 0 saturated carbocycles. The minimum Gasteiger partial charge on any atom is -0.478 e. The lowest BCUT2D eigenvalue weighted by molar-refractivity contribution is 0.0683. The Hall–Kier alpha value is -3.51. The van der Waals surface area contributed by atoms with Gasteiger partial charge < -0.3 is 20.8 Å². The fourth-order valence-corrected chi connectivity index (χ4v) is 2.65. The topological polar surface area (TPSA) is 98.7 Å². The molecule has 27 heavy (non-hydrogen) atoms. The van der Waals surface area contributed by atoms with E-state index >= 15 is 0 Å².